The number of nitrogens with two attached hydrogens (primary N) is 1. The van der Waals surface area contributed by atoms with Gasteiger partial charge in [-0.25, -0.2) is 0 Å². The number of primary amides is 1. The van der Waals surface area contributed by atoms with Gasteiger partial charge in [-0.05, 0) is 53.5 Å². The van der Waals surface area contributed by atoms with E-state index in [1.807, 2.05) is 20.8 Å². The van der Waals surface area contributed by atoms with E-state index in [4.69, 9.17) is 10.5 Å². The van der Waals surface area contributed by atoms with Crippen molar-refractivity contribution in [1.82, 2.24) is 10.2 Å². The molecular weight excluding hydrogens is 266 g/mol. The first-order valence-electron chi connectivity index (χ1n) is 8.07. The Balaban J connectivity index is 4.46. The summed E-state index contributed by atoms with van der Waals surface area (Å²) in [6, 6.07) is 0.764. The summed E-state index contributed by atoms with van der Waals surface area (Å²) in [7, 11) is 1.73. The van der Waals surface area contributed by atoms with Crippen LogP contribution in [0.3, 0.4) is 0 Å². The number of rotatable bonds is 12. The molecule has 0 aliphatic heterocycles. The lowest BCUT2D eigenvalue weighted by molar-refractivity contribution is -0.124. The van der Waals surface area contributed by atoms with E-state index in [-0.39, 0.29) is 11.9 Å². The SMILES string of the molecule is CCC(C)N(CCCC(C)(NC(C)C)C(N)=O)CCOC. The van der Waals surface area contributed by atoms with Crippen LogP contribution < -0.4 is 11.1 Å². The lowest BCUT2D eigenvalue weighted by Gasteiger charge is -2.32. The fourth-order valence-corrected chi connectivity index (χ4v) is 2.56. The van der Waals surface area contributed by atoms with E-state index in [2.05, 4.69) is 24.1 Å². The van der Waals surface area contributed by atoms with Crippen LogP contribution in [-0.4, -0.2) is 55.2 Å². The second kappa shape index (κ2) is 10.1. The van der Waals surface area contributed by atoms with Crippen molar-refractivity contribution in [2.45, 2.75) is 71.5 Å². The summed E-state index contributed by atoms with van der Waals surface area (Å²) in [5.74, 6) is -0.275. The van der Waals surface area contributed by atoms with Crippen LogP contribution in [0.5, 0.6) is 0 Å². The van der Waals surface area contributed by atoms with Gasteiger partial charge >= 0.3 is 0 Å². The standard InChI is InChI=1S/C16H35N3O2/c1-7-14(4)19(11-12-21-6)10-8-9-16(5,15(17)20)18-13(2)3/h13-14,18H,7-12H2,1-6H3,(H2,17,20). The first-order valence-corrected chi connectivity index (χ1v) is 8.07. The van der Waals surface area contributed by atoms with E-state index in [1.165, 1.54) is 0 Å². The predicted molar refractivity (Wildman–Crippen MR) is 88.3 cm³/mol. The molecule has 0 saturated carbocycles. The van der Waals surface area contributed by atoms with E-state index in [0.29, 0.717) is 6.04 Å². The number of amides is 1. The average Bonchev–Trinajstić information content (AvgIpc) is 2.40. The molecule has 2 unspecified atom stereocenters. The van der Waals surface area contributed by atoms with Gasteiger partial charge in [-0.15, -0.1) is 0 Å². The molecule has 0 aromatic heterocycles. The zero-order chi connectivity index (χ0) is 16.5. The molecular formula is C16H35N3O2. The normalized spacial score (nSPS) is 16.2. The van der Waals surface area contributed by atoms with Gasteiger partial charge in [0.15, 0.2) is 0 Å². The van der Waals surface area contributed by atoms with Crippen LogP contribution in [-0.2, 0) is 9.53 Å². The zero-order valence-corrected chi connectivity index (χ0v) is 14.7. The minimum absolute atomic E-state index is 0.238. The maximum Gasteiger partial charge on any atom is 0.237 e. The Bertz CT molecular complexity index is 297. The Morgan fingerprint density at radius 1 is 1.33 bits per heavy atom. The quantitative estimate of drug-likeness (QED) is 0.576. The molecule has 0 aliphatic rings. The third-order valence-corrected chi connectivity index (χ3v) is 4.07. The number of nitrogens with zero attached hydrogens (tertiary/aromatic N) is 1. The molecule has 0 aliphatic carbocycles. The molecule has 0 bridgehead atoms. The van der Waals surface area contributed by atoms with Crippen molar-refractivity contribution in [1.29, 1.82) is 0 Å². The van der Waals surface area contributed by atoms with Crippen LogP contribution in [0.25, 0.3) is 0 Å². The predicted octanol–water partition coefficient (Wildman–Crippen LogP) is 1.76. The number of carbonyl (C=O) groups excluding carboxylic acids is 1. The molecule has 0 radical (unpaired) electrons. The van der Waals surface area contributed by atoms with E-state index >= 15 is 0 Å². The highest BCUT2D eigenvalue weighted by molar-refractivity contribution is 5.84. The molecule has 2 atom stereocenters. The Morgan fingerprint density at radius 2 is 1.95 bits per heavy atom. The number of hydrogen-bond acceptors (Lipinski definition) is 4. The number of methoxy groups -OCH3 is 1. The van der Waals surface area contributed by atoms with Crippen LogP contribution in [0.15, 0.2) is 0 Å². The van der Waals surface area contributed by atoms with Crippen molar-refractivity contribution in [2.75, 3.05) is 26.8 Å². The van der Waals surface area contributed by atoms with Crippen LogP contribution in [0.4, 0.5) is 0 Å². The number of nitrogens with one attached hydrogen (secondary N) is 1. The van der Waals surface area contributed by atoms with Crippen molar-refractivity contribution < 1.29 is 9.53 Å². The molecule has 5 heteroatoms. The monoisotopic (exact) mass is 301 g/mol. The fraction of sp³-hybridized carbons (Fsp3) is 0.938. The van der Waals surface area contributed by atoms with E-state index in [9.17, 15) is 4.79 Å². The van der Waals surface area contributed by atoms with Crippen molar-refractivity contribution in [3.63, 3.8) is 0 Å². The van der Waals surface area contributed by atoms with Gasteiger partial charge in [0.05, 0.1) is 12.1 Å². The first-order chi connectivity index (χ1) is 9.76. The van der Waals surface area contributed by atoms with Gasteiger partial charge in [0, 0.05) is 25.7 Å². The van der Waals surface area contributed by atoms with Crippen LogP contribution in [0, 0.1) is 0 Å². The second-order valence-electron chi connectivity index (χ2n) is 6.38. The summed E-state index contributed by atoms with van der Waals surface area (Å²) in [6.45, 7) is 13.0. The number of hydrogen-bond donors (Lipinski definition) is 2. The van der Waals surface area contributed by atoms with E-state index in [1.54, 1.807) is 7.11 Å². The molecule has 0 spiro atoms. The molecule has 0 aromatic carbocycles. The van der Waals surface area contributed by atoms with Crippen molar-refractivity contribution in [2.24, 2.45) is 5.73 Å². The molecule has 5 nitrogen and oxygen atoms in total. The van der Waals surface area contributed by atoms with Gasteiger partial charge in [0.1, 0.15) is 0 Å². The zero-order valence-electron chi connectivity index (χ0n) is 14.7. The van der Waals surface area contributed by atoms with Crippen molar-refractivity contribution in [3.05, 3.63) is 0 Å². The Morgan fingerprint density at radius 3 is 2.38 bits per heavy atom. The number of carbonyl (C=O) groups is 1. The molecule has 1 amide bonds. The Labute approximate surface area is 130 Å². The van der Waals surface area contributed by atoms with Gasteiger partial charge in [0.2, 0.25) is 5.91 Å². The van der Waals surface area contributed by atoms with E-state index < -0.39 is 5.54 Å². The van der Waals surface area contributed by atoms with Crippen LogP contribution >= 0.6 is 0 Å². The van der Waals surface area contributed by atoms with Crippen molar-refractivity contribution in [3.8, 4) is 0 Å². The lowest BCUT2D eigenvalue weighted by atomic mass is 9.93. The smallest absolute Gasteiger partial charge is 0.237 e. The molecule has 0 aromatic rings. The molecule has 3 N–H and O–H groups in total. The molecule has 126 valence electrons. The van der Waals surface area contributed by atoms with Gasteiger partial charge in [-0.3, -0.25) is 9.69 Å². The maximum absolute atomic E-state index is 11.7. The largest absolute Gasteiger partial charge is 0.383 e. The highest BCUT2D eigenvalue weighted by atomic mass is 16.5. The lowest BCUT2D eigenvalue weighted by Crippen LogP contribution is -2.55. The van der Waals surface area contributed by atoms with Crippen LogP contribution in [0.1, 0.15) is 53.9 Å². The van der Waals surface area contributed by atoms with Crippen LogP contribution in [0.2, 0.25) is 0 Å². The molecule has 0 heterocycles. The highest BCUT2D eigenvalue weighted by Crippen LogP contribution is 2.15. The first kappa shape index (κ1) is 20.3. The Kier molecular flexibility index (Phi) is 9.83. The highest BCUT2D eigenvalue weighted by Gasteiger charge is 2.31. The van der Waals surface area contributed by atoms with Gasteiger partial charge in [0.25, 0.3) is 0 Å². The third kappa shape index (κ3) is 7.79. The molecule has 21 heavy (non-hydrogen) atoms. The summed E-state index contributed by atoms with van der Waals surface area (Å²) < 4.78 is 5.18. The average molecular weight is 301 g/mol. The van der Waals surface area contributed by atoms with Crippen molar-refractivity contribution >= 4 is 5.91 Å². The summed E-state index contributed by atoms with van der Waals surface area (Å²) in [4.78, 5) is 14.1. The summed E-state index contributed by atoms with van der Waals surface area (Å²) in [5, 5.41) is 3.30. The molecule has 0 saturated heterocycles. The summed E-state index contributed by atoms with van der Waals surface area (Å²) in [6.07, 6.45) is 2.80. The van der Waals surface area contributed by atoms with Gasteiger partial charge < -0.3 is 15.8 Å². The minimum atomic E-state index is -0.628. The fourth-order valence-electron chi connectivity index (χ4n) is 2.56. The molecule has 0 rings (SSSR count). The second-order valence-corrected chi connectivity index (χ2v) is 6.38. The van der Waals surface area contributed by atoms with E-state index in [0.717, 1.165) is 39.0 Å². The summed E-state index contributed by atoms with van der Waals surface area (Å²) in [5.41, 5.74) is 4.94. The Hall–Kier alpha value is -0.650. The summed E-state index contributed by atoms with van der Waals surface area (Å²) >= 11 is 0. The van der Waals surface area contributed by atoms with Gasteiger partial charge in [-0.1, -0.05) is 6.92 Å². The van der Waals surface area contributed by atoms with Gasteiger partial charge in [-0.2, -0.15) is 0 Å². The minimum Gasteiger partial charge on any atom is -0.383 e. The maximum atomic E-state index is 11.7. The number of ether oxygens (including phenoxy) is 1. The third-order valence-electron chi connectivity index (χ3n) is 4.07. The topological polar surface area (TPSA) is 67.6 Å². The molecule has 0 fully saturated rings.